The molecule has 2 aromatic rings. The maximum atomic E-state index is 13.8. The topological polar surface area (TPSA) is 86.5 Å². The number of carbonyl (C=O) groups excluding carboxylic acids is 1. The summed E-state index contributed by atoms with van der Waals surface area (Å²) in [6.07, 6.45) is 0. The summed E-state index contributed by atoms with van der Waals surface area (Å²) in [7, 11) is 2.72. The highest BCUT2D eigenvalue weighted by molar-refractivity contribution is 5.88. The van der Waals surface area contributed by atoms with E-state index in [1.165, 1.54) is 44.6 Å². The Balaban J connectivity index is 2.37. The molecule has 110 valence electrons. The van der Waals surface area contributed by atoms with Crippen molar-refractivity contribution in [3.8, 4) is 5.75 Å². The molecule has 0 bridgehead atoms. The molecule has 6 nitrogen and oxygen atoms in total. The van der Waals surface area contributed by atoms with Crippen LogP contribution in [0.15, 0.2) is 30.3 Å². The molecule has 1 aromatic carbocycles. The van der Waals surface area contributed by atoms with Gasteiger partial charge in [0, 0.05) is 6.07 Å². The Kier molecular flexibility index (Phi) is 4.22. The molecule has 0 aliphatic rings. The van der Waals surface area contributed by atoms with Crippen LogP contribution in [0.4, 0.5) is 21.6 Å². The van der Waals surface area contributed by atoms with Gasteiger partial charge in [-0.1, -0.05) is 0 Å². The summed E-state index contributed by atoms with van der Waals surface area (Å²) < 4.78 is 23.4. The lowest BCUT2D eigenvalue weighted by molar-refractivity contribution is 0.0594. The highest BCUT2D eigenvalue weighted by atomic mass is 19.1. The Bertz CT molecular complexity index is 677. The smallest absolute Gasteiger partial charge is 0.356 e. The van der Waals surface area contributed by atoms with E-state index in [1.807, 2.05) is 0 Å². The maximum Gasteiger partial charge on any atom is 0.356 e. The van der Waals surface area contributed by atoms with Gasteiger partial charge in [-0.25, -0.2) is 14.2 Å². The number of nitrogen functional groups attached to an aromatic ring is 1. The van der Waals surface area contributed by atoms with Crippen molar-refractivity contribution in [1.82, 2.24) is 4.98 Å². The molecule has 0 saturated carbocycles. The molecule has 0 fully saturated rings. The second-order valence-corrected chi connectivity index (χ2v) is 4.10. The van der Waals surface area contributed by atoms with E-state index in [1.54, 1.807) is 0 Å². The van der Waals surface area contributed by atoms with Crippen LogP contribution >= 0.6 is 0 Å². The first-order valence-corrected chi connectivity index (χ1v) is 6.00. The van der Waals surface area contributed by atoms with Crippen LogP contribution in [0.1, 0.15) is 10.5 Å². The van der Waals surface area contributed by atoms with E-state index in [2.05, 4.69) is 15.0 Å². The lowest BCUT2D eigenvalue weighted by Gasteiger charge is -2.11. The Morgan fingerprint density at radius 3 is 2.71 bits per heavy atom. The summed E-state index contributed by atoms with van der Waals surface area (Å²) in [6.45, 7) is 0. The third kappa shape index (κ3) is 3.19. The van der Waals surface area contributed by atoms with E-state index in [0.29, 0.717) is 5.75 Å². The molecule has 0 amide bonds. The highest BCUT2D eigenvalue weighted by Gasteiger charge is 2.12. The number of hydrogen-bond acceptors (Lipinski definition) is 6. The molecule has 0 unspecified atom stereocenters. The zero-order chi connectivity index (χ0) is 15.4. The van der Waals surface area contributed by atoms with Crippen molar-refractivity contribution in [2.45, 2.75) is 0 Å². The number of rotatable bonds is 4. The minimum Gasteiger partial charge on any atom is -0.497 e. The summed E-state index contributed by atoms with van der Waals surface area (Å²) in [4.78, 5) is 15.5. The quantitative estimate of drug-likeness (QED) is 0.841. The van der Waals surface area contributed by atoms with Crippen molar-refractivity contribution < 1.29 is 18.7 Å². The Hall–Kier alpha value is -2.83. The predicted octanol–water partition coefficient (Wildman–Crippen LogP) is 2.34. The van der Waals surface area contributed by atoms with Gasteiger partial charge in [0.15, 0.2) is 11.5 Å². The number of esters is 1. The molecule has 0 saturated heterocycles. The van der Waals surface area contributed by atoms with Crippen LogP contribution in [0.3, 0.4) is 0 Å². The standard InChI is InChI=1S/C14H14FN3O3/c1-20-8-3-4-9(15)12(7-8)18-13-10(16)5-6-11(17-13)14(19)21-2/h3-7H,16H2,1-2H3,(H,17,18). The number of pyridine rings is 1. The van der Waals surface area contributed by atoms with Crippen LogP contribution in [0, 0.1) is 5.82 Å². The summed E-state index contributed by atoms with van der Waals surface area (Å²) in [5, 5.41) is 2.74. The molecule has 1 aromatic heterocycles. The molecule has 0 spiro atoms. The van der Waals surface area contributed by atoms with Crippen LogP contribution < -0.4 is 15.8 Å². The largest absolute Gasteiger partial charge is 0.497 e. The number of anilines is 3. The molecule has 7 heteroatoms. The van der Waals surface area contributed by atoms with Gasteiger partial charge in [0.2, 0.25) is 0 Å². The Morgan fingerprint density at radius 2 is 2.05 bits per heavy atom. The molecule has 3 N–H and O–H groups in total. The van der Waals surface area contributed by atoms with Crippen molar-refractivity contribution in [2.24, 2.45) is 0 Å². The molecular weight excluding hydrogens is 277 g/mol. The number of nitrogens with two attached hydrogens (primary N) is 1. The van der Waals surface area contributed by atoms with Crippen molar-refractivity contribution in [1.29, 1.82) is 0 Å². The van der Waals surface area contributed by atoms with Gasteiger partial charge < -0.3 is 20.5 Å². The maximum absolute atomic E-state index is 13.8. The van der Waals surface area contributed by atoms with E-state index < -0.39 is 11.8 Å². The summed E-state index contributed by atoms with van der Waals surface area (Å²) in [6, 6.07) is 7.11. The second-order valence-electron chi connectivity index (χ2n) is 4.10. The average Bonchev–Trinajstić information content (AvgIpc) is 2.50. The van der Waals surface area contributed by atoms with Gasteiger partial charge in [-0.05, 0) is 24.3 Å². The molecule has 2 rings (SSSR count). The third-order valence-electron chi connectivity index (χ3n) is 2.75. The third-order valence-corrected chi connectivity index (χ3v) is 2.75. The van der Waals surface area contributed by atoms with Crippen LogP contribution in [0.5, 0.6) is 5.75 Å². The predicted molar refractivity (Wildman–Crippen MR) is 76.2 cm³/mol. The lowest BCUT2D eigenvalue weighted by atomic mass is 10.2. The number of nitrogens with one attached hydrogen (secondary N) is 1. The van der Waals surface area contributed by atoms with Crippen molar-refractivity contribution in [3.63, 3.8) is 0 Å². The van der Waals surface area contributed by atoms with Gasteiger partial charge in [-0.15, -0.1) is 0 Å². The minimum absolute atomic E-state index is 0.0671. The van der Waals surface area contributed by atoms with Crippen molar-refractivity contribution >= 4 is 23.2 Å². The summed E-state index contributed by atoms with van der Waals surface area (Å²) >= 11 is 0. The van der Waals surface area contributed by atoms with Gasteiger partial charge in [0.25, 0.3) is 0 Å². The van der Waals surface area contributed by atoms with E-state index in [4.69, 9.17) is 10.5 Å². The van der Waals surface area contributed by atoms with E-state index in [0.717, 1.165) is 0 Å². The number of halogens is 1. The number of aromatic nitrogens is 1. The minimum atomic E-state index is -0.607. The SMILES string of the molecule is COC(=O)c1ccc(N)c(Nc2cc(OC)ccc2F)n1. The Morgan fingerprint density at radius 1 is 1.29 bits per heavy atom. The zero-order valence-corrected chi connectivity index (χ0v) is 11.5. The van der Waals surface area contributed by atoms with Crippen LogP contribution in [0.25, 0.3) is 0 Å². The van der Waals surface area contributed by atoms with Crippen molar-refractivity contribution in [2.75, 3.05) is 25.3 Å². The average molecular weight is 291 g/mol. The van der Waals surface area contributed by atoms with Crippen LogP contribution in [-0.4, -0.2) is 25.2 Å². The second kappa shape index (κ2) is 6.08. The van der Waals surface area contributed by atoms with E-state index >= 15 is 0 Å². The zero-order valence-electron chi connectivity index (χ0n) is 11.5. The van der Waals surface area contributed by atoms with Gasteiger partial charge >= 0.3 is 5.97 Å². The first-order valence-electron chi connectivity index (χ1n) is 6.00. The summed E-state index contributed by atoms with van der Waals surface area (Å²) in [5.74, 6) is -0.476. The molecule has 0 radical (unpaired) electrons. The first-order chi connectivity index (χ1) is 10.0. The molecule has 21 heavy (non-hydrogen) atoms. The number of ether oxygens (including phenoxy) is 2. The number of methoxy groups -OCH3 is 2. The molecule has 0 atom stereocenters. The normalized spacial score (nSPS) is 10.0. The number of carbonyl (C=O) groups is 1. The monoisotopic (exact) mass is 291 g/mol. The molecule has 0 aliphatic carbocycles. The highest BCUT2D eigenvalue weighted by Crippen LogP contribution is 2.26. The van der Waals surface area contributed by atoms with Crippen LogP contribution in [-0.2, 0) is 4.74 Å². The Labute approximate surface area is 120 Å². The van der Waals surface area contributed by atoms with Crippen LogP contribution in [0.2, 0.25) is 0 Å². The number of nitrogens with zero attached hydrogens (tertiary/aromatic N) is 1. The van der Waals surface area contributed by atoms with E-state index in [-0.39, 0.29) is 22.9 Å². The fourth-order valence-electron chi connectivity index (χ4n) is 1.64. The molecule has 0 aliphatic heterocycles. The fraction of sp³-hybridized carbons (Fsp3) is 0.143. The van der Waals surface area contributed by atoms with Crippen molar-refractivity contribution in [3.05, 3.63) is 41.8 Å². The number of benzene rings is 1. The van der Waals surface area contributed by atoms with Gasteiger partial charge in [-0.3, -0.25) is 0 Å². The van der Waals surface area contributed by atoms with Gasteiger partial charge in [0.05, 0.1) is 25.6 Å². The van der Waals surface area contributed by atoms with E-state index in [9.17, 15) is 9.18 Å². The fourth-order valence-corrected chi connectivity index (χ4v) is 1.64. The number of hydrogen-bond donors (Lipinski definition) is 2. The van der Waals surface area contributed by atoms with Gasteiger partial charge in [0.1, 0.15) is 11.6 Å². The molecular formula is C14H14FN3O3. The first kappa shape index (κ1) is 14.6. The summed E-state index contributed by atoms with van der Waals surface area (Å²) in [5.41, 5.74) is 6.24. The lowest BCUT2D eigenvalue weighted by Crippen LogP contribution is -2.08. The van der Waals surface area contributed by atoms with Gasteiger partial charge in [-0.2, -0.15) is 0 Å². The molecule has 1 heterocycles.